The summed E-state index contributed by atoms with van der Waals surface area (Å²) in [6.07, 6.45) is 2.15. The number of benzene rings is 1. The third-order valence-corrected chi connectivity index (χ3v) is 7.05. The van der Waals surface area contributed by atoms with Gasteiger partial charge < -0.3 is 14.5 Å². The van der Waals surface area contributed by atoms with Crippen molar-refractivity contribution in [2.24, 2.45) is 5.92 Å². The van der Waals surface area contributed by atoms with Crippen molar-refractivity contribution >= 4 is 23.2 Å². The zero-order valence-electron chi connectivity index (χ0n) is 19.3. The number of rotatable bonds is 8. The Morgan fingerprint density at radius 1 is 1.19 bits per heavy atom. The molecule has 0 spiro atoms. The summed E-state index contributed by atoms with van der Waals surface area (Å²) < 4.78 is 5.31. The molecule has 0 N–H and O–H groups in total. The van der Waals surface area contributed by atoms with Crippen LogP contribution in [0.5, 0.6) is 5.75 Å². The van der Waals surface area contributed by atoms with E-state index in [1.807, 2.05) is 49.9 Å². The van der Waals surface area contributed by atoms with Crippen molar-refractivity contribution < 1.29 is 14.3 Å². The maximum Gasteiger partial charge on any atom is 0.243 e. The first-order valence-electron chi connectivity index (χ1n) is 11.1. The van der Waals surface area contributed by atoms with E-state index < -0.39 is 0 Å². The summed E-state index contributed by atoms with van der Waals surface area (Å²) in [4.78, 5) is 31.5. The molecule has 1 aromatic heterocycles. The summed E-state index contributed by atoms with van der Waals surface area (Å²) >= 11 is 1.75. The molecule has 1 aromatic carbocycles. The Hall–Kier alpha value is -2.34. The summed E-state index contributed by atoms with van der Waals surface area (Å²) in [5.41, 5.74) is 2.26. The van der Waals surface area contributed by atoms with Crippen molar-refractivity contribution in [3.8, 4) is 5.75 Å². The lowest BCUT2D eigenvalue weighted by Crippen LogP contribution is -2.49. The number of hydrogen-bond donors (Lipinski definition) is 0. The predicted octanol–water partition coefficient (Wildman–Crippen LogP) is 4.90. The molecule has 2 atom stereocenters. The Kier molecular flexibility index (Phi) is 7.76. The molecular weight excluding hydrogens is 408 g/mol. The van der Waals surface area contributed by atoms with Crippen molar-refractivity contribution in [3.63, 3.8) is 0 Å². The molecule has 0 saturated carbocycles. The molecule has 5 nitrogen and oxygen atoms in total. The van der Waals surface area contributed by atoms with Gasteiger partial charge in [-0.3, -0.25) is 9.59 Å². The van der Waals surface area contributed by atoms with E-state index in [4.69, 9.17) is 4.74 Å². The number of carbonyl (C=O) groups is 2. The molecule has 2 unspecified atom stereocenters. The smallest absolute Gasteiger partial charge is 0.243 e. The third kappa shape index (κ3) is 5.29. The van der Waals surface area contributed by atoms with Gasteiger partial charge in [-0.2, -0.15) is 0 Å². The molecule has 31 heavy (non-hydrogen) atoms. The Balaban J connectivity index is 1.89. The van der Waals surface area contributed by atoms with Crippen LogP contribution in [0, 0.1) is 5.92 Å². The van der Waals surface area contributed by atoms with Gasteiger partial charge in [-0.05, 0) is 60.4 Å². The van der Waals surface area contributed by atoms with E-state index in [-0.39, 0.29) is 36.4 Å². The van der Waals surface area contributed by atoms with Crippen LogP contribution < -0.4 is 4.74 Å². The molecule has 2 heterocycles. The second kappa shape index (κ2) is 10.3. The minimum Gasteiger partial charge on any atom is -0.497 e. The lowest BCUT2D eigenvalue weighted by Gasteiger charge is -2.38. The van der Waals surface area contributed by atoms with E-state index in [2.05, 4.69) is 18.4 Å². The van der Waals surface area contributed by atoms with Gasteiger partial charge >= 0.3 is 0 Å². The molecule has 6 heteroatoms. The number of nitrogens with zero attached hydrogens (tertiary/aromatic N) is 2. The van der Waals surface area contributed by atoms with Crippen molar-refractivity contribution in [2.45, 2.75) is 59.0 Å². The zero-order chi connectivity index (χ0) is 22.5. The predicted molar refractivity (Wildman–Crippen MR) is 125 cm³/mol. The van der Waals surface area contributed by atoms with Gasteiger partial charge in [-0.25, -0.2) is 0 Å². The van der Waals surface area contributed by atoms with E-state index in [1.54, 1.807) is 23.3 Å². The summed E-state index contributed by atoms with van der Waals surface area (Å²) in [5, 5.41) is 2.10. The van der Waals surface area contributed by atoms with Gasteiger partial charge in [0.2, 0.25) is 11.8 Å². The number of thiophene rings is 1. The maximum absolute atomic E-state index is 13.6. The summed E-state index contributed by atoms with van der Waals surface area (Å²) in [6.45, 7) is 8.96. The minimum atomic E-state index is -0.132. The van der Waals surface area contributed by atoms with Crippen molar-refractivity contribution in [1.29, 1.82) is 0 Å². The highest BCUT2D eigenvalue weighted by Gasteiger charge is 2.34. The zero-order valence-corrected chi connectivity index (χ0v) is 20.1. The highest BCUT2D eigenvalue weighted by molar-refractivity contribution is 7.10. The van der Waals surface area contributed by atoms with Gasteiger partial charge in [-0.1, -0.05) is 32.9 Å². The normalized spacial score (nSPS) is 16.7. The first-order chi connectivity index (χ1) is 14.8. The second-order valence-electron chi connectivity index (χ2n) is 8.69. The fourth-order valence-electron chi connectivity index (χ4n) is 4.14. The number of hydrogen-bond acceptors (Lipinski definition) is 4. The van der Waals surface area contributed by atoms with Gasteiger partial charge in [-0.15, -0.1) is 11.3 Å². The standard InChI is InChI=1S/C25H34N2O3S/c1-6-18(4)27(23(28)15-17(2)3)16-24(29)26-13-11-22-21(12-14-31-22)25(26)19-7-9-20(30-5)10-8-19/h7-10,12,14,17-18,25H,6,11,13,15-16H2,1-5H3. The molecule has 0 bridgehead atoms. The minimum absolute atomic E-state index is 0.00933. The highest BCUT2D eigenvalue weighted by atomic mass is 32.1. The van der Waals surface area contributed by atoms with E-state index in [0.29, 0.717) is 13.0 Å². The van der Waals surface area contributed by atoms with E-state index in [9.17, 15) is 9.59 Å². The Labute approximate surface area is 190 Å². The lowest BCUT2D eigenvalue weighted by atomic mass is 9.93. The first-order valence-corrected chi connectivity index (χ1v) is 12.0. The Bertz CT molecular complexity index is 890. The summed E-state index contributed by atoms with van der Waals surface area (Å²) in [7, 11) is 1.65. The number of methoxy groups -OCH3 is 1. The molecular formula is C25H34N2O3S. The van der Waals surface area contributed by atoms with Crippen LogP contribution in [0.25, 0.3) is 0 Å². The monoisotopic (exact) mass is 442 g/mol. The van der Waals surface area contributed by atoms with Crippen molar-refractivity contribution in [2.75, 3.05) is 20.2 Å². The fraction of sp³-hybridized carbons (Fsp3) is 0.520. The van der Waals surface area contributed by atoms with Crippen LogP contribution in [-0.4, -0.2) is 47.9 Å². The van der Waals surface area contributed by atoms with Crippen LogP contribution in [0.15, 0.2) is 35.7 Å². The molecule has 1 aliphatic rings. The van der Waals surface area contributed by atoms with Gasteiger partial charge in [0.1, 0.15) is 12.3 Å². The molecule has 0 fully saturated rings. The quantitative estimate of drug-likeness (QED) is 0.584. The van der Waals surface area contributed by atoms with Gasteiger partial charge in [0.05, 0.1) is 13.2 Å². The van der Waals surface area contributed by atoms with Crippen molar-refractivity contribution in [3.05, 3.63) is 51.7 Å². The summed E-state index contributed by atoms with van der Waals surface area (Å²) in [6, 6.07) is 9.99. The number of carbonyl (C=O) groups excluding carboxylic acids is 2. The van der Waals surface area contributed by atoms with Crippen LogP contribution in [0.1, 0.15) is 62.6 Å². The molecule has 0 radical (unpaired) electrons. The molecule has 3 rings (SSSR count). The van der Waals surface area contributed by atoms with Crippen LogP contribution in [-0.2, 0) is 16.0 Å². The van der Waals surface area contributed by atoms with Crippen LogP contribution in [0.4, 0.5) is 0 Å². The average Bonchev–Trinajstić information content (AvgIpc) is 3.24. The van der Waals surface area contributed by atoms with Gasteiger partial charge in [0, 0.05) is 23.9 Å². The number of fused-ring (bicyclic) bond motifs is 1. The topological polar surface area (TPSA) is 49.9 Å². The number of ether oxygens (including phenoxy) is 1. The maximum atomic E-state index is 13.6. The molecule has 0 aliphatic carbocycles. The second-order valence-corrected chi connectivity index (χ2v) is 9.69. The van der Waals surface area contributed by atoms with Crippen molar-refractivity contribution in [1.82, 2.24) is 9.80 Å². The SMILES string of the molecule is CCC(C)N(CC(=O)N1CCc2sccc2C1c1ccc(OC)cc1)C(=O)CC(C)C. The summed E-state index contributed by atoms with van der Waals surface area (Å²) in [5.74, 6) is 1.14. The highest BCUT2D eigenvalue weighted by Crippen LogP contribution is 2.38. The fourth-order valence-corrected chi connectivity index (χ4v) is 5.05. The third-order valence-electron chi connectivity index (χ3n) is 6.05. The lowest BCUT2D eigenvalue weighted by molar-refractivity contribution is -0.144. The van der Waals surface area contributed by atoms with Gasteiger partial charge in [0.25, 0.3) is 0 Å². The molecule has 168 valence electrons. The van der Waals surface area contributed by atoms with E-state index >= 15 is 0 Å². The number of amides is 2. The molecule has 1 aliphatic heterocycles. The van der Waals surface area contributed by atoms with Gasteiger partial charge in [0.15, 0.2) is 0 Å². The average molecular weight is 443 g/mol. The molecule has 0 saturated heterocycles. The largest absolute Gasteiger partial charge is 0.497 e. The Morgan fingerprint density at radius 3 is 2.52 bits per heavy atom. The molecule has 2 aromatic rings. The van der Waals surface area contributed by atoms with Crippen LogP contribution >= 0.6 is 11.3 Å². The van der Waals surface area contributed by atoms with E-state index in [0.717, 1.165) is 24.2 Å². The van der Waals surface area contributed by atoms with Crippen LogP contribution in [0.3, 0.4) is 0 Å². The first kappa shape index (κ1) is 23.3. The Morgan fingerprint density at radius 2 is 1.90 bits per heavy atom. The van der Waals surface area contributed by atoms with E-state index in [1.165, 1.54) is 10.4 Å². The molecule has 2 amide bonds. The van der Waals surface area contributed by atoms with Crippen LogP contribution in [0.2, 0.25) is 0 Å².